The highest BCUT2D eigenvalue weighted by atomic mass is 16.5. The number of hydrogen-bond donors (Lipinski definition) is 1. The zero-order chi connectivity index (χ0) is 14.8. The Morgan fingerprint density at radius 3 is 2.86 bits per heavy atom. The molecule has 0 aliphatic heterocycles. The van der Waals surface area contributed by atoms with Crippen LogP contribution in [0.15, 0.2) is 34.7 Å². The molecule has 1 aromatic heterocycles. The van der Waals surface area contributed by atoms with E-state index < -0.39 is 0 Å². The maximum absolute atomic E-state index is 12.2. The summed E-state index contributed by atoms with van der Waals surface area (Å²) < 4.78 is 10.7. The number of fused-ring (bicyclic) bond motifs is 1. The van der Waals surface area contributed by atoms with Gasteiger partial charge in [-0.15, -0.1) is 0 Å². The van der Waals surface area contributed by atoms with Crippen LogP contribution in [0.5, 0.6) is 5.75 Å². The molecule has 0 saturated heterocycles. The van der Waals surface area contributed by atoms with E-state index in [2.05, 4.69) is 5.32 Å². The van der Waals surface area contributed by atoms with Gasteiger partial charge >= 0.3 is 0 Å². The number of ketones is 1. The van der Waals surface area contributed by atoms with Gasteiger partial charge in [-0.3, -0.25) is 9.59 Å². The normalized spacial score (nSPS) is 13.7. The second-order valence-electron chi connectivity index (χ2n) is 4.88. The van der Waals surface area contributed by atoms with Crippen LogP contribution in [0.2, 0.25) is 0 Å². The third kappa shape index (κ3) is 2.54. The monoisotopic (exact) mass is 285 g/mol. The van der Waals surface area contributed by atoms with E-state index in [0.29, 0.717) is 35.6 Å². The summed E-state index contributed by atoms with van der Waals surface area (Å²) in [6, 6.07) is 8.65. The summed E-state index contributed by atoms with van der Waals surface area (Å²) in [7, 11) is 1.54. The zero-order valence-electron chi connectivity index (χ0n) is 11.6. The van der Waals surface area contributed by atoms with Gasteiger partial charge < -0.3 is 14.5 Å². The van der Waals surface area contributed by atoms with Crippen LogP contribution in [-0.4, -0.2) is 18.8 Å². The summed E-state index contributed by atoms with van der Waals surface area (Å²) >= 11 is 0. The molecule has 0 unspecified atom stereocenters. The average molecular weight is 285 g/mol. The van der Waals surface area contributed by atoms with Crippen molar-refractivity contribution in [1.82, 2.24) is 0 Å². The third-order valence-electron chi connectivity index (χ3n) is 3.50. The van der Waals surface area contributed by atoms with E-state index in [-0.39, 0.29) is 17.5 Å². The Hall–Kier alpha value is -2.56. The van der Waals surface area contributed by atoms with E-state index >= 15 is 0 Å². The molecule has 5 heteroatoms. The molecule has 0 spiro atoms. The first kappa shape index (κ1) is 13.4. The Bertz CT molecular complexity index is 702. The number of rotatable bonds is 3. The average Bonchev–Trinajstić information content (AvgIpc) is 2.93. The Kier molecular flexibility index (Phi) is 3.48. The summed E-state index contributed by atoms with van der Waals surface area (Å²) in [6.07, 6.45) is 1.98. The highest BCUT2D eigenvalue weighted by Crippen LogP contribution is 2.27. The first-order valence-corrected chi connectivity index (χ1v) is 6.79. The third-order valence-corrected chi connectivity index (χ3v) is 3.50. The van der Waals surface area contributed by atoms with Crippen LogP contribution < -0.4 is 10.1 Å². The van der Waals surface area contributed by atoms with Crippen molar-refractivity contribution >= 4 is 17.4 Å². The maximum atomic E-state index is 12.2. The molecule has 0 radical (unpaired) electrons. The summed E-state index contributed by atoms with van der Waals surface area (Å²) in [5.74, 6) is 0.980. The Labute approximate surface area is 121 Å². The minimum Gasteiger partial charge on any atom is -0.495 e. The van der Waals surface area contributed by atoms with Crippen molar-refractivity contribution in [3.63, 3.8) is 0 Å². The molecule has 108 valence electrons. The SMILES string of the molecule is COc1ccccc1NC(=O)c1cc2c(o1)CCCC2=O. The summed E-state index contributed by atoms with van der Waals surface area (Å²) in [6.45, 7) is 0. The number of Topliss-reactive ketones (excluding diaryl/α,β-unsaturated/α-hetero) is 1. The fourth-order valence-corrected chi connectivity index (χ4v) is 2.44. The smallest absolute Gasteiger partial charge is 0.291 e. The molecule has 5 nitrogen and oxygen atoms in total. The quantitative estimate of drug-likeness (QED) is 0.941. The van der Waals surface area contributed by atoms with Crippen LogP contribution >= 0.6 is 0 Å². The molecule has 0 saturated carbocycles. The van der Waals surface area contributed by atoms with E-state index in [1.807, 2.05) is 6.07 Å². The molecule has 1 amide bonds. The number of carbonyl (C=O) groups is 2. The van der Waals surface area contributed by atoms with Crippen molar-refractivity contribution in [2.45, 2.75) is 19.3 Å². The van der Waals surface area contributed by atoms with E-state index in [4.69, 9.17) is 9.15 Å². The Morgan fingerprint density at radius 2 is 2.10 bits per heavy atom. The lowest BCUT2D eigenvalue weighted by Gasteiger charge is -2.08. The van der Waals surface area contributed by atoms with Gasteiger partial charge in [0.1, 0.15) is 11.5 Å². The number of furan rings is 1. The number of aryl methyl sites for hydroxylation is 1. The van der Waals surface area contributed by atoms with Gasteiger partial charge in [0.05, 0.1) is 18.4 Å². The largest absolute Gasteiger partial charge is 0.495 e. The number of nitrogens with one attached hydrogen (secondary N) is 1. The van der Waals surface area contributed by atoms with Gasteiger partial charge in [0.2, 0.25) is 0 Å². The number of methoxy groups -OCH3 is 1. The second kappa shape index (κ2) is 5.44. The van der Waals surface area contributed by atoms with Crippen molar-refractivity contribution in [3.8, 4) is 5.75 Å². The van der Waals surface area contributed by atoms with E-state index in [9.17, 15) is 9.59 Å². The molecule has 3 rings (SSSR count). The van der Waals surface area contributed by atoms with Crippen LogP contribution in [0, 0.1) is 0 Å². The molecule has 1 aliphatic rings. The number of anilines is 1. The number of para-hydroxylation sites is 2. The standard InChI is InChI=1S/C16H15NO4/c1-20-14-7-3-2-5-11(14)17-16(19)15-9-10-12(18)6-4-8-13(10)21-15/h2-3,5,7,9H,4,6,8H2,1H3,(H,17,19). The molecule has 1 aliphatic carbocycles. The van der Waals surface area contributed by atoms with Crippen LogP contribution in [-0.2, 0) is 6.42 Å². The van der Waals surface area contributed by atoms with E-state index in [0.717, 1.165) is 6.42 Å². The number of hydrogen-bond acceptors (Lipinski definition) is 4. The fourth-order valence-electron chi connectivity index (χ4n) is 2.44. The van der Waals surface area contributed by atoms with Crippen molar-refractivity contribution < 1.29 is 18.7 Å². The van der Waals surface area contributed by atoms with E-state index in [1.165, 1.54) is 13.2 Å². The van der Waals surface area contributed by atoms with Crippen LogP contribution in [0.3, 0.4) is 0 Å². The minimum atomic E-state index is -0.387. The van der Waals surface area contributed by atoms with Gasteiger partial charge in [-0.1, -0.05) is 12.1 Å². The molecule has 1 N–H and O–H groups in total. The maximum Gasteiger partial charge on any atom is 0.291 e. The zero-order valence-corrected chi connectivity index (χ0v) is 11.6. The molecular formula is C16H15NO4. The number of amides is 1. The van der Waals surface area contributed by atoms with Crippen molar-refractivity contribution in [3.05, 3.63) is 47.4 Å². The van der Waals surface area contributed by atoms with Gasteiger partial charge in [0.15, 0.2) is 11.5 Å². The van der Waals surface area contributed by atoms with E-state index in [1.54, 1.807) is 18.2 Å². The molecule has 0 bridgehead atoms. The number of carbonyl (C=O) groups excluding carboxylic acids is 2. The lowest BCUT2D eigenvalue weighted by atomic mass is 9.97. The lowest BCUT2D eigenvalue weighted by molar-refractivity contribution is 0.0963. The topological polar surface area (TPSA) is 68.5 Å². The first-order valence-electron chi connectivity index (χ1n) is 6.79. The molecular weight excluding hydrogens is 270 g/mol. The summed E-state index contributed by atoms with van der Waals surface area (Å²) in [4.78, 5) is 24.0. The number of ether oxygens (including phenoxy) is 1. The van der Waals surface area contributed by atoms with Gasteiger partial charge in [-0.05, 0) is 18.6 Å². The molecule has 0 fully saturated rings. The Morgan fingerprint density at radius 1 is 1.29 bits per heavy atom. The van der Waals surface area contributed by atoms with Crippen molar-refractivity contribution in [2.75, 3.05) is 12.4 Å². The number of benzene rings is 1. The Balaban J connectivity index is 1.84. The van der Waals surface area contributed by atoms with Crippen LogP contribution in [0.1, 0.15) is 39.5 Å². The fraction of sp³-hybridized carbons (Fsp3) is 0.250. The highest BCUT2D eigenvalue weighted by Gasteiger charge is 2.24. The van der Waals surface area contributed by atoms with Crippen LogP contribution in [0.4, 0.5) is 5.69 Å². The van der Waals surface area contributed by atoms with Gasteiger partial charge in [0, 0.05) is 18.9 Å². The highest BCUT2D eigenvalue weighted by molar-refractivity contribution is 6.06. The van der Waals surface area contributed by atoms with Crippen molar-refractivity contribution in [2.24, 2.45) is 0 Å². The molecule has 2 aromatic rings. The molecule has 1 aromatic carbocycles. The predicted octanol–water partition coefficient (Wildman–Crippen LogP) is 3.06. The molecule has 21 heavy (non-hydrogen) atoms. The van der Waals surface area contributed by atoms with Crippen LogP contribution in [0.25, 0.3) is 0 Å². The predicted molar refractivity (Wildman–Crippen MR) is 76.9 cm³/mol. The molecule has 0 atom stereocenters. The van der Waals surface area contributed by atoms with Gasteiger partial charge in [-0.2, -0.15) is 0 Å². The second-order valence-corrected chi connectivity index (χ2v) is 4.88. The minimum absolute atomic E-state index is 0.0383. The van der Waals surface area contributed by atoms with Gasteiger partial charge in [-0.25, -0.2) is 0 Å². The van der Waals surface area contributed by atoms with Crippen molar-refractivity contribution in [1.29, 1.82) is 0 Å². The summed E-state index contributed by atoms with van der Waals surface area (Å²) in [5, 5.41) is 2.73. The van der Waals surface area contributed by atoms with Gasteiger partial charge in [0.25, 0.3) is 5.91 Å². The first-order chi connectivity index (χ1) is 10.2. The lowest BCUT2D eigenvalue weighted by Crippen LogP contribution is -2.11. The summed E-state index contributed by atoms with van der Waals surface area (Å²) in [5.41, 5.74) is 1.09. The molecule has 1 heterocycles.